The van der Waals surface area contributed by atoms with Gasteiger partial charge in [0.1, 0.15) is 11.6 Å². The smallest absolute Gasteiger partial charge is 0.226 e. The molecule has 1 saturated carbocycles. The van der Waals surface area contributed by atoms with Gasteiger partial charge in [-0.2, -0.15) is 0 Å². The molecule has 24 heavy (non-hydrogen) atoms. The summed E-state index contributed by atoms with van der Waals surface area (Å²) in [4.78, 5) is 19.0. The number of nitrogens with zero attached hydrogens (tertiary/aromatic N) is 2. The van der Waals surface area contributed by atoms with Crippen LogP contribution in [0.2, 0.25) is 0 Å². The van der Waals surface area contributed by atoms with Crippen LogP contribution in [0.3, 0.4) is 0 Å². The number of rotatable bonds is 3. The quantitative estimate of drug-likeness (QED) is 0.842. The van der Waals surface area contributed by atoms with E-state index in [1.807, 2.05) is 10.3 Å². The van der Waals surface area contributed by atoms with Gasteiger partial charge in [-0.1, -0.05) is 6.07 Å². The van der Waals surface area contributed by atoms with Crippen molar-refractivity contribution in [3.05, 3.63) is 52.0 Å². The second-order valence-corrected chi connectivity index (χ2v) is 7.53. The summed E-state index contributed by atoms with van der Waals surface area (Å²) in [6.07, 6.45) is 4.48. The Bertz CT molecular complexity index is 749. The van der Waals surface area contributed by atoms with Gasteiger partial charge in [-0.05, 0) is 36.8 Å². The summed E-state index contributed by atoms with van der Waals surface area (Å²) in [5, 5.41) is 3.05. The molecule has 2 aliphatic rings. The van der Waals surface area contributed by atoms with E-state index < -0.39 is 11.6 Å². The molecule has 6 heteroatoms. The lowest BCUT2D eigenvalue weighted by molar-refractivity contribution is -0.133. The average molecular weight is 348 g/mol. The highest BCUT2D eigenvalue weighted by atomic mass is 32.1. The molecule has 0 unspecified atom stereocenters. The van der Waals surface area contributed by atoms with Crippen LogP contribution in [0.25, 0.3) is 0 Å². The lowest BCUT2D eigenvalue weighted by Gasteiger charge is -2.32. The molecule has 4 rings (SSSR count). The van der Waals surface area contributed by atoms with Crippen LogP contribution in [0.5, 0.6) is 0 Å². The Kier molecular flexibility index (Phi) is 4.08. The molecular weight excluding hydrogens is 330 g/mol. The van der Waals surface area contributed by atoms with Crippen molar-refractivity contribution >= 4 is 17.2 Å². The maximum atomic E-state index is 13.9. The number of carbonyl (C=O) groups is 1. The summed E-state index contributed by atoms with van der Waals surface area (Å²) in [6.45, 7) is 1.46. The second kappa shape index (κ2) is 6.24. The van der Waals surface area contributed by atoms with Crippen molar-refractivity contribution in [3.8, 4) is 0 Å². The van der Waals surface area contributed by atoms with Crippen molar-refractivity contribution in [3.63, 3.8) is 0 Å². The van der Waals surface area contributed by atoms with Crippen LogP contribution < -0.4 is 0 Å². The first-order valence-electron chi connectivity index (χ1n) is 8.26. The monoisotopic (exact) mass is 348 g/mol. The average Bonchev–Trinajstić information content (AvgIpc) is 3.17. The standard InChI is InChI=1S/C18H18F2N2OS/c19-12-3-4-13(16(20)8-12)14-9-15(14)18(23)22-6-1-2-11(10-22)17-21-5-7-24-17/h3-5,7-8,11,14-15H,1-2,6,9-10H2/t11-,14-,15-/m1/s1. The minimum absolute atomic E-state index is 0.102. The third-order valence-corrected chi connectivity index (χ3v) is 5.94. The van der Waals surface area contributed by atoms with Gasteiger partial charge < -0.3 is 4.90 Å². The Labute approximate surface area is 143 Å². The van der Waals surface area contributed by atoms with Crippen molar-refractivity contribution in [2.45, 2.75) is 31.1 Å². The van der Waals surface area contributed by atoms with E-state index in [-0.39, 0.29) is 17.7 Å². The molecule has 1 aliphatic carbocycles. The van der Waals surface area contributed by atoms with Crippen LogP contribution in [0, 0.1) is 17.6 Å². The molecule has 3 atom stereocenters. The molecule has 1 aromatic carbocycles. The number of piperidine rings is 1. The number of hydrogen-bond donors (Lipinski definition) is 0. The highest BCUT2D eigenvalue weighted by molar-refractivity contribution is 7.09. The van der Waals surface area contributed by atoms with E-state index in [0.717, 1.165) is 30.5 Å². The van der Waals surface area contributed by atoms with E-state index in [0.29, 0.717) is 24.4 Å². The van der Waals surface area contributed by atoms with Gasteiger partial charge in [0.2, 0.25) is 5.91 Å². The molecule has 2 heterocycles. The number of likely N-dealkylation sites (tertiary alicyclic amines) is 1. The second-order valence-electron chi connectivity index (χ2n) is 6.61. The summed E-state index contributed by atoms with van der Waals surface area (Å²) in [6, 6.07) is 3.63. The minimum atomic E-state index is -0.581. The molecule has 0 bridgehead atoms. The fourth-order valence-corrected chi connectivity index (χ4v) is 4.43. The third kappa shape index (κ3) is 2.95. The zero-order valence-electron chi connectivity index (χ0n) is 13.1. The van der Waals surface area contributed by atoms with Gasteiger partial charge >= 0.3 is 0 Å². The van der Waals surface area contributed by atoms with Crippen LogP contribution in [0.4, 0.5) is 8.78 Å². The van der Waals surface area contributed by atoms with Gasteiger partial charge in [0, 0.05) is 42.6 Å². The molecule has 0 spiro atoms. The summed E-state index contributed by atoms with van der Waals surface area (Å²) >= 11 is 1.63. The van der Waals surface area contributed by atoms with Crippen LogP contribution in [-0.2, 0) is 4.79 Å². The lowest BCUT2D eigenvalue weighted by Crippen LogP contribution is -2.40. The van der Waals surface area contributed by atoms with Crippen LogP contribution in [-0.4, -0.2) is 28.9 Å². The molecular formula is C18H18F2N2OS. The molecule has 1 saturated heterocycles. The Morgan fingerprint density at radius 2 is 2.21 bits per heavy atom. The maximum Gasteiger partial charge on any atom is 0.226 e. The Morgan fingerprint density at radius 1 is 1.33 bits per heavy atom. The minimum Gasteiger partial charge on any atom is -0.342 e. The fraction of sp³-hybridized carbons (Fsp3) is 0.444. The summed E-state index contributed by atoms with van der Waals surface area (Å²) < 4.78 is 26.9. The number of halogens is 2. The van der Waals surface area contributed by atoms with Crippen molar-refractivity contribution in [2.75, 3.05) is 13.1 Å². The summed E-state index contributed by atoms with van der Waals surface area (Å²) in [5.74, 6) is -0.998. The first-order chi connectivity index (χ1) is 11.6. The zero-order chi connectivity index (χ0) is 16.7. The third-order valence-electron chi connectivity index (χ3n) is 5.00. The molecule has 2 fully saturated rings. The van der Waals surface area contributed by atoms with Crippen molar-refractivity contribution in [1.82, 2.24) is 9.88 Å². The number of amides is 1. The maximum absolute atomic E-state index is 13.9. The van der Waals surface area contributed by atoms with Crippen molar-refractivity contribution in [1.29, 1.82) is 0 Å². The predicted octanol–water partition coefficient (Wildman–Crippen LogP) is 3.93. The van der Waals surface area contributed by atoms with Crippen LogP contribution in [0.15, 0.2) is 29.8 Å². The van der Waals surface area contributed by atoms with E-state index in [1.165, 1.54) is 12.1 Å². The van der Waals surface area contributed by atoms with E-state index in [4.69, 9.17) is 0 Å². The van der Waals surface area contributed by atoms with Crippen molar-refractivity contribution in [2.24, 2.45) is 5.92 Å². The number of aromatic nitrogens is 1. The predicted molar refractivity (Wildman–Crippen MR) is 87.9 cm³/mol. The van der Waals surface area contributed by atoms with Gasteiger partial charge in [-0.15, -0.1) is 11.3 Å². The molecule has 2 aromatic rings. The van der Waals surface area contributed by atoms with Gasteiger partial charge in [0.05, 0.1) is 5.01 Å². The normalized spacial score (nSPS) is 26.4. The first-order valence-corrected chi connectivity index (χ1v) is 9.14. The molecule has 126 valence electrons. The fourth-order valence-electron chi connectivity index (χ4n) is 3.66. The topological polar surface area (TPSA) is 33.2 Å². The van der Waals surface area contributed by atoms with Gasteiger partial charge in [-0.25, -0.2) is 13.8 Å². The van der Waals surface area contributed by atoms with E-state index in [2.05, 4.69) is 4.98 Å². The van der Waals surface area contributed by atoms with E-state index in [9.17, 15) is 13.6 Å². The van der Waals surface area contributed by atoms with E-state index in [1.54, 1.807) is 17.5 Å². The molecule has 0 N–H and O–H groups in total. The van der Waals surface area contributed by atoms with Crippen LogP contribution in [0.1, 0.15) is 41.7 Å². The largest absolute Gasteiger partial charge is 0.342 e. The Morgan fingerprint density at radius 3 is 2.96 bits per heavy atom. The summed E-state index contributed by atoms with van der Waals surface area (Å²) in [7, 11) is 0. The Hall–Kier alpha value is -1.82. The molecule has 1 amide bonds. The van der Waals surface area contributed by atoms with Crippen molar-refractivity contribution < 1.29 is 13.6 Å². The highest BCUT2D eigenvalue weighted by Gasteiger charge is 2.47. The Balaban J connectivity index is 1.43. The lowest BCUT2D eigenvalue weighted by atomic mass is 9.98. The van der Waals surface area contributed by atoms with Gasteiger partial charge in [-0.3, -0.25) is 4.79 Å². The number of benzene rings is 1. The van der Waals surface area contributed by atoms with E-state index >= 15 is 0 Å². The first kappa shape index (κ1) is 15.7. The highest BCUT2D eigenvalue weighted by Crippen LogP contribution is 2.49. The number of thiazole rings is 1. The van der Waals surface area contributed by atoms with Gasteiger partial charge in [0.15, 0.2) is 0 Å². The number of carbonyl (C=O) groups excluding carboxylic acids is 1. The zero-order valence-corrected chi connectivity index (χ0v) is 13.9. The number of hydrogen-bond acceptors (Lipinski definition) is 3. The molecule has 1 aliphatic heterocycles. The molecule has 1 aromatic heterocycles. The van der Waals surface area contributed by atoms with Gasteiger partial charge in [0.25, 0.3) is 0 Å². The molecule has 3 nitrogen and oxygen atoms in total. The van der Waals surface area contributed by atoms with Crippen LogP contribution >= 0.6 is 11.3 Å². The SMILES string of the molecule is O=C([C@@H]1C[C@@H]1c1ccc(F)cc1F)N1CCC[C@@H](c2nccs2)C1. The molecule has 0 radical (unpaired) electrons. The summed E-state index contributed by atoms with van der Waals surface area (Å²) in [5.41, 5.74) is 0.461.